The second-order valence-corrected chi connectivity index (χ2v) is 6.13. The molecule has 0 aliphatic carbocycles. The van der Waals surface area contributed by atoms with Crippen molar-refractivity contribution in [3.8, 4) is 5.75 Å². The first-order chi connectivity index (χ1) is 13.3. The van der Waals surface area contributed by atoms with Gasteiger partial charge in [-0.15, -0.1) is 0 Å². The lowest BCUT2D eigenvalue weighted by Crippen LogP contribution is -2.11. The van der Waals surface area contributed by atoms with Crippen molar-refractivity contribution < 1.29 is 9.53 Å². The predicted molar refractivity (Wildman–Crippen MR) is 107 cm³/mol. The minimum Gasteiger partial charge on any atom is -0.489 e. The van der Waals surface area contributed by atoms with Crippen LogP contribution in [0.3, 0.4) is 0 Å². The van der Waals surface area contributed by atoms with Gasteiger partial charge in [0.2, 0.25) is 0 Å². The first-order valence-electron chi connectivity index (χ1n) is 8.71. The van der Waals surface area contributed by atoms with Crippen LogP contribution in [-0.2, 0) is 6.61 Å². The molecule has 132 valence electrons. The molecular weight excluding hydrogens is 336 g/mol. The molecule has 1 N–H and O–H groups in total. The Morgan fingerprint density at radius 2 is 1.70 bits per heavy atom. The number of carbonyl (C=O) groups is 1. The van der Waals surface area contributed by atoms with Crippen molar-refractivity contribution in [2.45, 2.75) is 6.61 Å². The number of carbonyl (C=O) groups excluding carboxylic acids is 1. The smallest absolute Gasteiger partial charge is 0.255 e. The van der Waals surface area contributed by atoms with E-state index in [2.05, 4.69) is 10.3 Å². The third kappa shape index (κ3) is 3.96. The summed E-state index contributed by atoms with van der Waals surface area (Å²) in [6, 6.07) is 26.5. The third-order valence-electron chi connectivity index (χ3n) is 4.24. The molecular formula is C23H18N2O2. The zero-order chi connectivity index (χ0) is 18.5. The van der Waals surface area contributed by atoms with E-state index in [0.717, 1.165) is 16.5 Å². The summed E-state index contributed by atoms with van der Waals surface area (Å²) in [4.78, 5) is 16.7. The van der Waals surface area contributed by atoms with E-state index in [0.29, 0.717) is 23.6 Å². The number of aromatic nitrogens is 1. The van der Waals surface area contributed by atoms with Crippen LogP contribution < -0.4 is 10.1 Å². The molecule has 1 amide bonds. The molecule has 4 aromatic rings. The minimum absolute atomic E-state index is 0.147. The van der Waals surface area contributed by atoms with Crippen molar-refractivity contribution in [1.29, 1.82) is 0 Å². The topological polar surface area (TPSA) is 51.2 Å². The average molecular weight is 354 g/mol. The second kappa shape index (κ2) is 7.70. The van der Waals surface area contributed by atoms with Gasteiger partial charge >= 0.3 is 0 Å². The monoisotopic (exact) mass is 354 g/mol. The van der Waals surface area contributed by atoms with Crippen LogP contribution >= 0.6 is 0 Å². The molecule has 0 aliphatic rings. The highest BCUT2D eigenvalue weighted by Gasteiger charge is 2.07. The van der Waals surface area contributed by atoms with E-state index in [-0.39, 0.29) is 5.91 Å². The number of nitrogens with one attached hydrogen (secondary N) is 1. The molecule has 1 aromatic heterocycles. The van der Waals surface area contributed by atoms with E-state index in [1.807, 2.05) is 72.8 Å². The highest BCUT2D eigenvalue weighted by atomic mass is 16.5. The van der Waals surface area contributed by atoms with Crippen molar-refractivity contribution in [2.24, 2.45) is 0 Å². The Bertz CT molecular complexity index is 1070. The average Bonchev–Trinajstić information content (AvgIpc) is 2.73. The molecule has 0 bridgehead atoms. The maximum atomic E-state index is 12.3. The van der Waals surface area contributed by atoms with Gasteiger partial charge < -0.3 is 10.1 Å². The Hall–Kier alpha value is -3.66. The number of fused-ring (bicyclic) bond motifs is 1. The fourth-order valence-electron chi connectivity index (χ4n) is 2.90. The minimum atomic E-state index is -0.147. The first-order valence-corrected chi connectivity index (χ1v) is 8.71. The summed E-state index contributed by atoms with van der Waals surface area (Å²) in [6.45, 7) is 0.407. The van der Waals surface area contributed by atoms with Gasteiger partial charge in [0.25, 0.3) is 5.91 Å². The molecule has 0 unspecified atom stereocenters. The summed E-state index contributed by atoms with van der Waals surface area (Å²) in [5, 5.41) is 3.98. The first kappa shape index (κ1) is 16.8. The molecule has 3 aromatic carbocycles. The van der Waals surface area contributed by atoms with Crippen LogP contribution in [0.25, 0.3) is 10.9 Å². The summed E-state index contributed by atoms with van der Waals surface area (Å²) >= 11 is 0. The molecule has 4 heteroatoms. The van der Waals surface area contributed by atoms with E-state index in [9.17, 15) is 4.79 Å². The lowest BCUT2D eigenvalue weighted by molar-refractivity contribution is 0.102. The largest absolute Gasteiger partial charge is 0.489 e. The van der Waals surface area contributed by atoms with E-state index in [1.165, 1.54) is 0 Å². The number of pyridine rings is 1. The Morgan fingerprint density at radius 3 is 2.59 bits per heavy atom. The molecule has 0 atom stereocenters. The van der Waals surface area contributed by atoms with Crippen LogP contribution in [0.2, 0.25) is 0 Å². The predicted octanol–water partition coefficient (Wildman–Crippen LogP) is 5.07. The number of anilines is 1. The van der Waals surface area contributed by atoms with Crippen LogP contribution in [0, 0.1) is 0 Å². The lowest BCUT2D eigenvalue weighted by Gasteiger charge is -2.10. The Morgan fingerprint density at radius 1 is 0.889 bits per heavy atom. The Balaban J connectivity index is 1.47. The number of rotatable bonds is 5. The van der Waals surface area contributed by atoms with E-state index in [4.69, 9.17) is 4.74 Å². The van der Waals surface area contributed by atoms with Crippen LogP contribution in [-0.4, -0.2) is 10.9 Å². The molecule has 0 fully saturated rings. The highest BCUT2D eigenvalue weighted by Crippen LogP contribution is 2.21. The normalized spacial score (nSPS) is 10.5. The quantitative estimate of drug-likeness (QED) is 0.545. The van der Waals surface area contributed by atoms with Gasteiger partial charge in [0.15, 0.2) is 0 Å². The molecule has 0 aliphatic heterocycles. The van der Waals surface area contributed by atoms with Crippen molar-refractivity contribution in [1.82, 2.24) is 4.98 Å². The lowest BCUT2D eigenvalue weighted by atomic mass is 10.1. The fourth-order valence-corrected chi connectivity index (χ4v) is 2.90. The van der Waals surface area contributed by atoms with Crippen molar-refractivity contribution in [2.75, 3.05) is 5.32 Å². The van der Waals surface area contributed by atoms with Gasteiger partial charge in [-0.3, -0.25) is 9.78 Å². The van der Waals surface area contributed by atoms with Crippen molar-refractivity contribution in [3.63, 3.8) is 0 Å². The number of amides is 1. The van der Waals surface area contributed by atoms with Crippen LogP contribution in [0.1, 0.15) is 15.9 Å². The van der Waals surface area contributed by atoms with Crippen LogP contribution in [0.15, 0.2) is 91.1 Å². The van der Waals surface area contributed by atoms with Crippen LogP contribution in [0.4, 0.5) is 5.69 Å². The summed E-state index contributed by atoms with van der Waals surface area (Å²) in [7, 11) is 0. The van der Waals surface area contributed by atoms with Gasteiger partial charge in [0, 0.05) is 34.5 Å². The summed E-state index contributed by atoms with van der Waals surface area (Å²) in [5.74, 6) is 0.541. The van der Waals surface area contributed by atoms with E-state index in [1.54, 1.807) is 18.3 Å². The van der Waals surface area contributed by atoms with Gasteiger partial charge in [-0.25, -0.2) is 0 Å². The number of hydrogen-bond donors (Lipinski definition) is 1. The zero-order valence-corrected chi connectivity index (χ0v) is 14.6. The molecule has 0 spiro atoms. The zero-order valence-electron chi connectivity index (χ0n) is 14.6. The summed E-state index contributed by atoms with van der Waals surface area (Å²) in [6.07, 6.45) is 1.78. The molecule has 0 saturated heterocycles. The standard InChI is InChI=1S/C23H18N2O2/c26-23(18-7-2-1-3-8-18)25-20-12-5-13-21(15-20)27-16-19-10-4-9-17-11-6-14-24-22(17)19/h1-15H,16H2,(H,25,26). The molecule has 4 nitrogen and oxygen atoms in total. The fraction of sp³-hybridized carbons (Fsp3) is 0.0435. The third-order valence-corrected chi connectivity index (χ3v) is 4.24. The summed E-state index contributed by atoms with van der Waals surface area (Å²) < 4.78 is 5.94. The molecule has 1 heterocycles. The van der Waals surface area contributed by atoms with Crippen molar-refractivity contribution in [3.05, 3.63) is 102 Å². The number of nitrogens with zero attached hydrogens (tertiary/aromatic N) is 1. The number of hydrogen-bond acceptors (Lipinski definition) is 3. The molecule has 0 saturated carbocycles. The van der Waals surface area contributed by atoms with Gasteiger partial charge in [0.05, 0.1) is 5.52 Å². The summed E-state index contributed by atoms with van der Waals surface area (Å²) in [5.41, 5.74) is 3.27. The van der Waals surface area contributed by atoms with Gasteiger partial charge in [-0.05, 0) is 30.3 Å². The van der Waals surface area contributed by atoms with E-state index >= 15 is 0 Å². The molecule has 27 heavy (non-hydrogen) atoms. The number of para-hydroxylation sites is 1. The van der Waals surface area contributed by atoms with Crippen LogP contribution in [0.5, 0.6) is 5.75 Å². The van der Waals surface area contributed by atoms with E-state index < -0.39 is 0 Å². The maximum absolute atomic E-state index is 12.3. The molecule has 4 rings (SSSR count). The maximum Gasteiger partial charge on any atom is 0.255 e. The highest BCUT2D eigenvalue weighted by molar-refractivity contribution is 6.04. The number of benzene rings is 3. The van der Waals surface area contributed by atoms with Gasteiger partial charge in [-0.2, -0.15) is 0 Å². The van der Waals surface area contributed by atoms with Gasteiger partial charge in [0.1, 0.15) is 12.4 Å². The van der Waals surface area contributed by atoms with Crippen molar-refractivity contribution >= 4 is 22.5 Å². The number of ether oxygens (including phenoxy) is 1. The Kier molecular flexibility index (Phi) is 4.79. The molecule has 0 radical (unpaired) electrons. The Labute approximate surface area is 157 Å². The second-order valence-electron chi connectivity index (χ2n) is 6.13. The van der Waals surface area contributed by atoms with Gasteiger partial charge in [-0.1, -0.05) is 48.5 Å². The SMILES string of the molecule is O=C(Nc1cccc(OCc2cccc3cccnc23)c1)c1ccccc1.